The molecule has 48 heavy (non-hydrogen) atoms. The molecule has 1 heterocycles. The third-order valence-electron chi connectivity index (χ3n) is 8.40. The van der Waals surface area contributed by atoms with Crippen molar-refractivity contribution in [1.29, 1.82) is 0 Å². The third kappa shape index (κ3) is 21.7. The lowest BCUT2D eigenvalue weighted by Crippen LogP contribution is -2.42. The first-order valence-electron chi connectivity index (χ1n) is 18.8. The summed E-state index contributed by atoms with van der Waals surface area (Å²) in [7, 11) is 7.70. The van der Waals surface area contributed by atoms with Gasteiger partial charge < -0.3 is 33.5 Å². The van der Waals surface area contributed by atoms with Gasteiger partial charge in [0.05, 0.1) is 0 Å². The summed E-state index contributed by atoms with van der Waals surface area (Å²) in [6.45, 7) is 5.56. The number of ether oxygens (including phenoxy) is 5. The topological polar surface area (TPSA) is 121 Å². The van der Waals surface area contributed by atoms with Crippen molar-refractivity contribution in [3.8, 4) is 0 Å². The van der Waals surface area contributed by atoms with E-state index < -0.39 is 48.5 Å². The Labute approximate surface area is 291 Å². The normalized spacial score (nSPS) is 19.1. The Morgan fingerprint density at radius 1 is 0.500 bits per heavy atom. The zero-order valence-corrected chi connectivity index (χ0v) is 31.1. The van der Waals surface area contributed by atoms with Crippen LogP contribution in [0.1, 0.15) is 142 Å². The highest BCUT2D eigenvalue weighted by Gasteiger charge is 2.52. The smallest absolute Gasteiger partial charge is 0.308 e. The van der Waals surface area contributed by atoms with Crippen molar-refractivity contribution < 1.29 is 42.9 Å². The Morgan fingerprint density at radius 3 is 1.38 bits per heavy atom. The van der Waals surface area contributed by atoms with Crippen LogP contribution in [0.3, 0.4) is 0 Å². The summed E-state index contributed by atoms with van der Waals surface area (Å²) in [5, 5.41) is 0. The molecule has 0 amide bonds. The van der Waals surface area contributed by atoms with Crippen LogP contribution in [0.5, 0.6) is 0 Å². The Balaban J connectivity index is 2.98. The van der Waals surface area contributed by atoms with Crippen molar-refractivity contribution in [1.82, 2.24) is 9.80 Å². The predicted molar refractivity (Wildman–Crippen MR) is 186 cm³/mol. The molecule has 0 aromatic carbocycles. The Hall–Kier alpha value is -2.24. The van der Waals surface area contributed by atoms with Gasteiger partial charge in [0.15, 0.2) is 6.10 Å². The van der Waals surface area contributed by atoms with Crippen molar-refractivity contribution >= 4 is 23.9 Å². The van der Waals surface area contributed by atoms with Crippen molar-refractivity contribution in [2.75, 3.05) is 47.9 Å². The molecule has 0 bridgehead atoms. The number of hydrogen-bond donors (Lipinski definition) is 0. The highest BCUT2D eigenvalue weighted by molar-refractivity contribution is 5.72. The Morgan fingerprint density at radius 2 is 0.896 bits per heavy atom. The summed E-state index contributed by atoms with van der Waals surface area (Å²) in [5.74, 6) is -1.85. The van der Waals surface area contributed by atoms with Crippen LogP contribution >= 0.6 is 0 Å². The van der Waals surface area contributed by atoms with Gasteiger partial charge in [-0.25, -0.2) is 0 Å². The fourth-order valence-corrected chi connectivity index (χ4v) is 5.58. The lowest BCUT2D eigenvalue weighted by atomic mass is 10.1. The van der Waals surface area contributed by atoms with E-state index in [1.807, 2.05) is 38.0 Å². The SMILES string of the molecule is CCCCCCCCCC(=O)O[C@@H]1[C@H](OC(=O)CCCN(C)C)O[C@H](COC(=O)CCCN(C)C)[C@@H]1OC(=O)CCCCCCCCC. The quantitative estimate of drug-likeness (QED) is 0.0482. The first-order chi connectivity index (χ1) is 23.1. The number of esters is 4. The van der Waals surface area contributed by atoms with Crippen molar-refractivity contribution in [2.24, 2.45) is 0 Å². The zero-order chi connectivity index (χ0) is 35.6. The fraction of sp³-hybridized carbons (Fsp3) is 0.892. The standard InChI is InChI=1S/C37H68N2O9/c1-7-9-11-13-15-17-19-23-32(41)46-35-30(29-44-31(40)25-21-27-38(3)4)45-37(48-34(43)26-22-28-39(5)6)36(35)47-33(42)24-20-18-16-14-12-10-8-2/h30,35-37H,7-29H2,1-6H3/t30-,35+,36+,37+/m1/s1. The van der Waals surface area contributed by atoms with Crippen molar-refractivity contribution in [2.45, 2.75) is 167 Å². The maximum Gasteiger partial charge on any atom is 0.308 e. The lowest BCUT2D eigenvalue weighted by Gasteiger charge is -2.24. The van der Waals surface area contributed by atoms with E-state index in [0.29, 0.717) is 32.2 Å². The van der Waals surface area contributed by atoms with Gasteiger partial charge in [0, 0.05) is 25.7 Å². The Kier molecular flexibility index (Phi) is 25.1. The number of carbonyl (C=O) groups excluding carboxylic acids is 4. The van der Waals surface area contributed by atoms with Crippen LogP contribution in [-0.4, -0.2) is 106 Å². The van der Waals surface area contributed by atoms with E-state index in [4.69, 9.17) is 23.7 Å². The summed E-state index contributed by atoms with van der Waals surface area (Å²) in [4.78, 5) is 55.4. The average Bonchev–Trinajstić information content (AvgIpc) is 3.33. The third-order valence-corrected chi connectivity index (χ3v) is 8.40. The summed E-state index contributed by atoms with van der Waals surface area (Å²) in [6.07, 6.45) is 12.2. The molecule has 0 saturated carbocycles. The molecular weight excluding hydrogens is 616 g/mol. The molecule has 0 spiro atoms. The van der Waals surface area contributed by atoms with Gasteiger partial charge in [0.25, 0.3) is 0 Å². The summed E-state index contributed by atoms with van der Waals surface area (Å²) in [5.41, 5.74) is 0. The average molecular weight is 685 g/mol. The van der Waals surface area contributed by atoms with Crippen molar-refractivity contribution in [3.05, 3.63) is 0 Å². The van der Waals surface area contributed by atoms with E-state index in [0.717, 1.165) is 45.1 Å². The first kappa shape index (κ1) is 43.8. The van der Waals surface area contributed by atoms with Crippen LogP contribution in [-0.2, 0) is 42.9 Å². The van der Waals surface area contributed by atoms with E-state index in [2.05, 4.69) is 13.8 Å². The van der Waals surface area contributed by atoms with Gasteiger partial charge in [-0.3, -0.25) is 19.2 Å². The molecule has 1 saturated heterocycles. The lowest BCUT2D eigenvalue weighted by molar-refractivity contribution is -0.200. The molecule has 0 unspecified atom stereocenters. The van der Waals surface area contributed by atoms with Crippen molar-refractivity contribution in [3.63, 3.8) is 0 Å². The summed E-state index contributed by atoms with van der Waals surface area (Å²) < 4.78 is 29.0. The number of rotatable bonds is 29. The van der Waals surface area contributed by atoms with Gasteiger partial charge >= 0.3 is 23.9 Å². The minimum absolute atomic E-state index is 0.144. The molecule has 0 aliphatic carbocycles. The number of hydrogen-bond acceptors (Lipinski definition) is 11. The molecule has 0 aromatic heterocycles. The molecule has 0 N–H and O–H groups in total. The largest absolute Gasteiger partial charge is 0.463 e. The molecule has 0 aromatic rings. The van der Waals surface area contributed by atoms with E-state index in [9.17, 15) is 19.2 Å². The van der Waals surface area contributed by atoms with Crippen LogP contribution in [0.25, 0.3) is 0 Å². The minimum Gasteiger partial charge on any atom is -0.463 e. The van der Waals surface area contributed by atoms with Crippen LogP contribution in [0.2, 0.25) is 0 Å². The number of nitrogens with zero attached hydrogens (tertiary/aromatic N) is 2. The molecule has 0 radical (unpaired) electrons. The highest BCUT2D eigenvalue weighted by atomic mass is 16.8. The van der Waals surface area contributed by atoms with E-state index in [-0.39, 0.29) is 32.3 Å². The molecule has 4 atom stereocenters. The molecule has 280 valence electrons. The molecule has 1 aliphatic rings. The second-order valence-electron chi connectivity index (χ2n) is 13.7. The van der Waals surface area contributed by atoms with E-state index >= 15 is 0 Å². The Bertz CT molecular complexity index is 883. The minimum atomic E-state index is -1.29. The van der Waals surface area contributed by atoms with E-state index in [1.54, 1.807) is 0 Å². The molecule has 11 heteroatoms. The second kappa shape index (κ2) is 27.6. The first-order valence-corrected chi connectivity index (χ1v) is 18.8. The van der Waals surface area contributed by atoms with Gasteiger partial charge in [0.1, 0.15) is 12.7 Å². The van der Waals surface area contributed by atoms with Gasteiger partial charge in [-0.15, -0.1) is 0 Å². The number of unbranched alkanes of at least 4 members (excludes halogenated alkanes) is 12. The van der Waals surface area contributed by atoms with Gasteiger partial charge in [-0.1, -0.05) is 90.9 Å². The molecule has 1 fully saturated rings. The van der Waals surface area contributed by atoms with Gasteiger partial charge in [0.2, 0.25) is 12.4 Å². The predicted octanol–water partition coefficient (Wildman–Crippen LogP) is 6.59. The molecule has 1 rings (SSSR count). The van der Waals surface area contributed by atoms with Crippen LogP contribution in [0.15, 0.2) is 0 Å². The maximum atomic E-state index is 13.1. The zero-order valence-electron chi connectivity index (χ0n) is 31.1. The van der Waals surface area contributed by atoms with Crippen LogP contribution < -0.4 is 0 Å². The summed E-state index contributed by atoms with van der Waals surface area (Å²) >= 11 is 0. The molecular formula is C37H68N2O9. The van der Waals surface area contributed by atoms with E-state index in [1.165, 1.54) is 38.5 Å². The van der Waals surface area contributed by atoms with Crippen LogP contribution in [0.4, 0.5) is 0 Å². The molecule has 1 aliphatic heterocycles. The second-order valence-corrected chi connectivity index (χ2v) is 13.7. The monoisotopic (exact) mass is 684 g/mol. The fourth-order valence-electron chi connectivity index (χ4n) is 5.58. The highest BCUT2D eigenvalue weighted by Crippen LogP contribution is 2.30. The van der Waals surface area contributed by atoms with Crippen LogP contribution in [0, 0.1) is 0 Å². The van der Waals surface area contributed by atoms with Gasteiger partial charge in [-0.2, -0.15) is 0 Å². The summed E-state index contributed by atoms with van der Waals surface area (Å²) in [6, 6.07) is 0. The molecule has 11 nitrogen and oxygen atoms in total. The van der Waals surface area contributed by atoms with Gasteiger partial charge in [-0.05, 0) is 67.0 Å². The number of carbonyl (C=O) groups is 4. The maximum absolute atomic E-state index is 13.1.